The Balaban J connectivity index is 2.44. The first-order valence-electron chi connectivity index (χ1n) is 6.54. The van der Waals surface area contributed by atoms with Crippen LogP contribution in [0.1, 0.15) is 38.4 Å². The van der Waals surface area contributed by atoms with Crippen LogP contribution in [0.2, 0.25) is 0 Å². The Hall–Kier alpha value is -0.930. The lowest BCUT2D eigenvalue weighted by atomic mass is 10.1. The van der Waals surface area contributed by atoms with Crippen LogP contribution >= 0.6 is 15.9 Å². The molecule has 18 heavy (non-hydrogen) atoms. The number of halogens is 1. The number of rotatable bonds is 5. The zero-order valence-corrected chi connectivity index (χ0v) is 12.5. The lowest BCUT2D eigenvalue weighted by Crippen LogP contribution is -2.22. The lowest BCUT2D eigenvalue weighted by molar-refractivity contribution is 0.497. The van der Waals surface area contributed by atoms with Crippen LogP contribution in [0.15, 0.2) is 34.8 Å². The summed E-state index contributed by atoms with van der Waals surface area (Å²) >= 11 is 3.66. The quantitative estimate of drug-likeness (QED) is 0.883. The van der Waals surface area contributed by atoms with Crippen molar-refractivity contribution in [1.29, 1.82) is 0 Å². The monoisotopic (exact) mass is 306 g/mol. The van der Waals surface area contributed by atoms with Gasteiger partial charge in [-0.1, -0.05) is 38.5 Å². The summed E-state index contributed by atoms with van der Waals surface area (Å²) in [7, 11) is 0. The van der Waals surface area contributed by atoms with E-state index in [9.17, 15) is 0 Å². The van der Waals surface area contributed by atoms with Gasteiger partial charge in [0.15, 0.2) is 0 Å². The fourth-order valence-electron chi connectivity index (χ4n) is 2.22. The van der Waals surface area contributed by atoms with Gasteiger partial charge in [0.05, 0.1) is 17.3 Å². The number of aromatic nitrogens is 1. The molecule has 1 atom stereocenters. The van der Waals surface area contributed by atoms with Gasteiger partial charge in [0.25, 0.3) is 0 Å². The summed E-state index contributed by atoms with van der Waals surface area (Å²) < 4.78 is 1.10. The maximum atomic E-state index is 4.80. The van der Waals surface area contributed by atoms with Crippen LogP contribution in [-0.2, 0) is 0 Å². The van der Waals surface area contributed by atoms with Crippen molar-refractivity contribution in [2.24, 2.45) is 0 Å². The fraction of sp³-hybridized carbons (Fsp3) is 0.400. The molecular formula is C15H19BrN2. The molecule has 0 aliphatic carbocycles. The van der Waals surface area contributed by atoms with Crippen LogP contribution in [0.25, 0.3) is 10.9 Å². The maximum absolute atomic E-state index is 4.80. The van der Waals surface area contributed by atoms with Crippen LogP contribution in [0.4, 0.5) is 0 Å². The molecule has 1 aromatic carbocycles. The minimum absolute atomic E-state index is 0.332. The van der Waals surface area contributed by atoms with E-state index in [1.165, 1.54) is 5.39 Å². The Morgan fingerprint density at radius 3 is 2.78 bits per heavy atom. The van der Waals surface area contributed by atoms with Gasteiger partial charge in [-0.25, -0.2) is 4.98 Å². The number of pyridine rings is 1. The summed E-state index contributed by atoms with van der Waals surface area (Å²) in [5.41, 5.74) is 2.19. The van der Waals surface area contributed by atoms with Crippen molar-refractivity contribution >= 4 is 26.8 Å². The minimum Gasteiger partial charge on any atom is -0.309 e. The highest BCUT2D eigenvalue weighted by molar-refractivity contribution is 9.10. The van der Waals surface area contributed by atoms with E-state index >= 15 is 0 Å². The molecule has 2 rings (SSSR count). The van der Waals surface area contributed by atoms with Crippen molar-refractivity contribution in [1.82, 2.24) is 10.3 Å². The lowest BCUT2D eigenvalue weighted by Gasteiger charge is -2.18. The molecule has 0 aliphatic rings. The molecule has 0 radical (unpaired) electrons. The average Bonchev–Trinajstić information content (AvgIpc) is 2.38. The smallest absolute Gasteiger partial charge is 0.0722 e. The molecule has 0 saturated heterocycles. The van der Waals surface area contributed by atoms with E-state index in [1.54, 1.807) is 0 Å². The number of fused-ring (bicyclic) bond motifs is 1. The highest BCUT2D eigenvalue weighted by atomic mass is 79.9. The van der Waals surface area contributed by atoms with Crippen LogP contribution in [0.5, 0.6) is 0 Å². The van der Waals surface area contributed by atoms with E-state index < -0.39 is 0 Å². The first-order chi connectivity index (χ1) is 8.76. The molecule has 96 valence electrons. The van der Waals surface area contributed by atoms with Gasteiger partial charge in [-0.3, -0.25) is 0 Å². The van der Waals surface area contributed by atoms with Gasteiger partial charge < -0.3 is 5.32 Å². The third-order valence-electron chi connectivity index (χ3n) is 3.06. The molecule has 1 heterocycles. The SMILES string of the molecule is CCCC(NCC)c1nc2ccccc2cc1Br. The van der Waals surface area contributed by atoms with E-state index in [0.29, 0.717) is 6.04 Å². The summed E-state index contributed by atoms with van der Waals surface area (Å²) in [5.74, 6) is 0. The number of para-hydroxylation sites is 1. The Labute approximate surface area is 117 Å². The molecule has 0 bridgehead atoms. The van der Waals surface area contributed by atoms with Gasteiger partial charge in [0.2, 0.25) is 0 Å². The van der Waals surface area contributed by atoms with E-state index in [-0.39, 0.29) is 0 Å². The molecule has 0 aliphatic heterocycles. The van der Waals surface area contributed by atoms with Crippen molar-refractivity contribution < 1.29 is 0 Å². The van der Waals surface area contributed by atoms with Crippen LogP contribution in [-0.4, -0.2) is 11.5 Å². The van der Waals surface area contributed by atoms with Gasteiger partial charge in [-0.15, -0.1) is 0 Å². The maximum Gasteiger partial charge on any atom is 0.0722 e. The Bertz CT molecular complexity index is 519. The van der Waals surface area contributed by atoms with E-state index in [0.717, 1.165) is 35.1 Å². The highest BCUT2D eigenvalue weighted by Crippen LogP contribution is 2.28. The minimum atomic E-state index is 0.332. The van der Waals surface area contributed by atoms with E-state index in [4.69, 9.17) is 4.98 Å². The molecule has 0 spiro atoms. The largest absolute Gasteiger partial charge is 0.309 e. The second kappa shape index (κ2) is 6.30. The number of benzene rings is 1. The molecular weight excluding hydrogens is 288 g/mol. The standard InChI is InChI=1S/C15H19BrN2/c1-3-7-14(17-4-2)15-12(16)10-11-8-5-6-9-13(11)18-15/h5-6,8-10,14,17H,3-4,7H2,1-2H3. The Morgan fingerprint density at radius 2 is 2.06 bits per heavy atom. The highest BCUT2D eigenvalue weighted by Gasteiger charge is 2.15. The van der Waals surface area contributed by atoms with E-state index in [1.807, 2.05) is 12.1 Å². The second-order valence-corrected chi connectivity index (χ2v) is 5.30. The van der Waals surface area contributed by atoms with E-state index in [2.05, 4.69) is 53.3 Å². The van der Waals surface area contributed by atoms with Crippen LogP contribution in [0, 0.1) is 0 Å². The zero-order valence-electron chi connectivity index (χ0n) is 10.9. The Kier molecular flexibility index (Phi) is 4.72. The second-order valence-electron chi connectivity index (χ2n) is 4.45. The first kappa shape index (κ1) is 13.5. The Morgan fingerprint density at radius 1 is 1.28 bits per heavy atom. The summed E-state index contributed by atoms with van der Waals surface area (Å²) in [6.07, 6.45) is 2.26. The van der Waals surface area contributed by atoms with Crippen LogP contribution < -0.4 is 5.32 Å². The van der Waals surface area contributed by atoms with Gasteiger partial charge in [-0.05, 0) is 41.0 Å². The molecule has 0 amide bonds. The summed E-state index contributed by atoms with van der Waals surface area (Å²) in [6.45, 7) is 5.31. The van der Waals surface area contributed by atoms with Crippen molar-refractivity contribution in [2.75, 3.05) is 6.54 Å². The third-order valence-corrected chi connectivity index (χ3v) is 3.70. The number of hydrogen-bond donors (Lipinski definition) is 1. The van der Waals surface area contributed by atoms with Crippen LogP contribution in [0.3, 0.4) is 0 Å². The molecule has 3 heteroatoms. The predicted molar refractivity (Wildman–Crippen MR) is 80.8 cm³/mol. The average molecular weight is 307 g/mol. The van der Waals surface area contributed by atoms with Gasteiger partial charge >= 0.3 is 0 Å². The van der Waals surface area contributed by atoms with Crippen molar-refractivity contribution in [3.05, 3.63) is 40.5 Å². The normalized spacial score (nSPS) is 12.8. The van der Waals surface area contributed by atoms with Gasteiger partial charge in [0.1, 0.15) is 0 Å². The fourth-order valence-corrected chi connectivity index (χ4v) is 2.83. The van der Waals surface area contributed by atoms with Gasteiger partial charge in [0, 0.05) is 9.86 Å². The summed E-state index contributed by atoms with van der Waals surface area (Å²) in [6, 6.07) is 10.7. The molecule has 0 fully saturated rings. The predicted octanol–water partition coefficient (Wildman–Crippen LogP) is 4.45. The topological polar surface area (TPSA) is 24.9 Å². The zero-order chi connectivity index (χ0) is 13.0. The molecule has 2 aromatic rings. The molecule has 2 nitrogen and oxygen atoms in total. The summed E-state index contributed by atoms with van der Waals surface area (Å²) in [5, 5.41) is 4.69. The summed E-state index contributed by atoms with van der Waals surface area (Å²) in [4.78, 5) is 4.80. The molecule has 1 N–H and O–H groups in total. The number of nitrogens with zero attached hydrogens (tertiary/aromatic N) is 1. The number of nitrogens with one attached hydrogen (secondary N) is 1. The third kappa shape index (κ3) is 2.90. The van der Waals surface area contributed by atoms with Crippen molar-refractivity contribution in [3.8, 4) is 0 Å². The first-order valence-corrected chi connectivity index (χ1v) is 7.34. The molecule has 1 aromatic heterocycles. The van der Waals surface area contributed by atoms with Crippen molar-refractivity contribution in [3.63, 3.8) is 0 Å². The molecule has 1 unspecified atom stereocenters. The van der Waals surface area contributed by atoms with Crippen molar-refractivity contribution in [2.45, 2.75) is 32.7 Å². The molecule has 0 saturated carbocycles. The number of hydrogen-bond acceptors (Lipinski definition) is 2. The van der Waals surface area contributed by atoms with Gasteiger partial charge in [-0.2, -0.15) is 0 Å².